The van der Waals surface area contributed by atoms with Crippen molar-refractivity contribution < 1.29 is 9.53 Å². The largest absolute Gasteiger partial charge is 0.369 e. The summed E-state index contributed by atoms with van der Waals surface area (Å²) in [6.07, 6.45) is 3.94. The van der Waals surface area contributed by atoms with E-state index >= 15 is 0 Å². The summed E-state index contributed by atoms with van der Waals surface area (Å²) < 4.78 is 6.02. The van der Waals surface area contributed by atoms with E-state index in [1.807, 2.05) is 17.5 Å². The highest BCUT2D eigenvalue weighted by molar-refractivity contribution is 7.12. The summed E-state index contributed by atoms with van der Waals surface area (Å²) in [6.45, 7) is 7.33. The predicted molar refractivity (Wildman–Crippen MR) is 77.6 cm³/mol. The lowest BCUT2D eigenvalue weighted by atomic mass is 9.70. The van der Waals surface area contributed by atoms with Crippen LogP contribution >= 0.6 is 11.3 Å². The van der Waals surface area contributed by atoms with Gasteiger partial charge in [-0.3, -0.25) is 4.79 Å². The molecule has 19 heavy (non-hydrogen) atoms. The maximum Gasteiger partial charge on any atom is 0.198 e. The van der Waals surface area contributed by atoms with Crippen molar-refractivity contribution in [2.24, 2.45) is 16.7 Å². The summed E-state index contributed by atoms with van der Waals surface area (Å²) in [4.78, 5) is 12.8. The van der Waals surface area contributed by atoms with Crippen molar-refractivity contribution in [2.45, 2.75) is 46.1 Å². The number of ether oxygens (including phenoxy) is 1. The van der Waals surface area contributed by atoms with Crippen molar-refractivity contribution in [1.82, 2.24) is 0 Å². The highest BCUT2D eigenvalue weighted by Gasteiger charge is 2.61. The van der Waals surface area contributed by atoms with Gasteiger partial charge < -0.3 is 4.74 Å². The third kappa shape index (κ3) is 1.90. The van der Waals surface area contributed by atoms with Crippen molar-refractivity contribution >= 4 is 17.1 Å². The van der Waals surface area contributed by atoms with Gasteiger partial charge in [-0.25, -0.2) is 0 Å². The summed E-state index contributed by atoms with van der Waals surface area (Å²) in [7, 11) is 0. The van der Waals surface area contributed by atoms with Crippen molar-refractivity contribution in [2.75, 3.05) is 6.61 Å². The molecular weight excluding hydrogens is 256 g/mol. The maximum atomic E-state index is 12.0. The van der Waals surface area contributed by atoms with Gasteiger partial charge in [-0.15, -0.1) is 11.3 Å². The Bertz CT molecular complexity index is 477. The number of hydrogen-bond acceptors (Lipinski definition) is 3. The van der Waals surface area contributed by atoms with Crippen molar-refractivity contribution in [3.05, 3.63) is 22.4 Å². The van der Waals surface area contributed by atoms with E-state index in [9.17, 15) is 4.79 Å². The van der Waals surface area contributed by atoms with Gasteiger partial charge in [0.05, 0.1) is 11.0 Å². The molecule has 0 saturated heterocycles. The van der Waals surface area contributed by atoms with Crippen LogP contribution in [-0.4, -0.2) is 18.5 Å². The minimum Gasteiger partial charge on any atom is -0.369 e. The zero-order valence-corrected chi connectivity index (χ0v) is 12.8. The van der Waals surface area contributed by atoms with Gasteiger partial charge in [-0.1, -0.05) is 26.8 Å². The molecule has 1 aromatic rings. The molecule has 0 amide bonds. The Labute approximate surface area is 119 Å². The molecule has 2 aliphatic rings. The number of rotatable bonds is 4. The molecule has 0 N–H and O–H groups in total. The van der Waals surface area contributed by atoms with E-state index in [-0.39, 0.29) is 23.9 Å². The molecule has 2 bridgehead atoms. The van der Waals surface area contributed by atoms with Gasteiger partial charge in [0.15, 0.2) is 5.78 Å². The Morgan fingerprint density at radius 2 is 2.26 bits per heavy atom. The number of Topliss-reactive ketones (excluding diaryl/α,β-unsaturated/α-hetero) is 1. The highest BCUT2D eigenvalue weighted by atomic mass is 32.1. The van der Waals surface area contributed by atoms with E-state index in [0.717, 1.165) is 17.2 Å². The zero-order valence-electron chi connectivity index (χ0n) is 11.9. The van der Waals surface area contributed by atoms with Crippen LogP contribution in [0.25, 0.3) is 0 Å². The number of fused-ring (bicyclic) bond motifs is 2. The molecule has 0 radical (unpaired) electrons. The summed E-state index contributed by atoms with van der Waals surface area (Å²) in [5, 5.41) is 1.94. The second-order valence-corrected chi connectivity index (χ2v) is 7.76. The van der Waals surface area contributed by atoms with Gasteiger partial charge in [0.25, 0.3) is 0 Å². The van der Waals surface area contributed by atoms with E-state index in [0.29, 0.717) is 5.41 Å². The van der Waals surface area contributed by atoms with Crippen LogP contribution in [0.2, 0.25) is 0 Å². The first kappa shape index (κ1) is 13.3. The lowest BCUT2D eigenvalue weighted by Crippen LogP contribution is -2.38. The molecular formula is C16H22O2S. The van der Waals surface area contributed by atoms with Crippen LogP contribution in [0, 0.1) is 16.7 Å². The van der Waals surface area contributed by atoms with Crippen molar-refractivity contribution in [3.8, 4) is 0 Å². The highest BCUT2D eigenvalue weighted by Crippen LogP contribution is 2.66. The molecule has 3 rings (SSSR count). The molecule has 1 aromatic heterocycles. The molecule has 0 aliphatic heterocycles. The minimum absolute atomic E-state index is 0.124. The van der Waals surface area contributed by atoms with E-state index in [4.69, 9.17) is 4.74 Å². The standard InChI is InChI=1S/C16H22O2S/c1-15(2)11-6-7-16(15,3)14(9-11)18-10-12(17)13-5-4-8-19-13/h4-5,8,11,14H,6-7,9-10H2,1-3H3. The van der Waals surface area contributed by atoms with Crippen LogP contribution in [-0.2, 0) is 4.74 Å². The smallest absolute Gasteiger partial charge is 0.198 e. The lowest BCUT2D eigenvalue weighted by Gasteiger charge is -2.38. The first-order valence-corrected chi connectivity index (χ1v) is 8.01. The first-order chi connectivity index (χ1) is 8.95. The second-order valence-electron chi connectivity index (χ2n) is 6.81. The number of carbonyl (C=O) groups excluding carboxylic acids is 1. The van der Waals surface area contributed by atoms with Crippen LogP contribution in [0.1, 0.15) is 49.7 Å². The molecule has 2 nitrogen and oxygen atoms in total. The molecule has 1 heterocycles. The van der Waals surface area contributed by atoms with Crippen LogP contribution in [0.15, 0.2) is 17.5 Å². The summed E-state index contributed by atoms with van der Waals surface area (Å²) in [5.74, 6) is 0.888. The van der Waals surface area contributed by atoms with Crippen LogP contribution in [0.4, 0.5) is 0 Å². The van der Waals surface area contributed by atoms with E-state index < -0.39 is 0 Å². The summed E-state index contributed by atoms with van der Waals surface area (Å²) in [5.41, 5.74) is 0.594. The van der Waals surface area contributed by atoms with Crippen molar-refractivity contribution in [3.63, 3.8) is 0 Å². The second kappa shape index (κ2) is 4.42. The molecule has 2 saturated carbocycles. The fraction of sp³-hybridized carbons (Fsp3) is 0.688. The SMILES string of the molecule is CC1(C)C2CCC1(C)C(OCC(=O)c1cccs1)C2. The number of carbonyl (C=O) groups is 1. The molecule has 2 fully saturated rings. The Morgan fingerprint density at radius 3 is 2.79 bits per heavy atom. The van der Waals surface area contributed by atoms with Gasteiger partial charge in [-0.2, -0.15) is 0 Å². The third-order valence-corrected chi connectivity index (χ3v) is 6.84. The average molecular weight is 278 g/mol. The number of thiophene rings is 1. The van der Waals surface area contributed by atoms with Crippen molar-refractivity contribution in [1.29, 1.82) is 0 Å². The topological polar surface area (TPSA) is 26.3 Å². The van der Waals surface area contributed by atoms with Gasteiger partial charge in [-0.05, 0) is 47.5 Å². The molecule has 104 valence electrons. The average Bonchev–Trinajstić information content (AvgIpc) is 3.01. The quantitative estimate of drug-likeness (QED) is 0.773. The lowest BCUT2D eigenvalue weighted by molar-refractivity contribution is -0.0389. The zero-order chi connectivity index (χ0) is 13.7. The third-order valence-electron chi connectivity index (χ3n) is 5.93. The maximum absolute atomic E-state index is 12.0. The summed E-state index contributed by atoms with van der Waals surface area (Å²) >= 11 is 1.50. The van der Waals surface area contributed by atoms with E-state index in [1.165, 1.54) is 24.2 Å². The van der Waals surface area contributed by atoms with Gasteiger partial charge >= 0.3 is 0 Å². The van der Waals surface area contributed by atoms with Gasteiger partial charge in [0.2, 0.25) is 0 Å². The Morgan fingerprint density at radius 1 is 1.47 bits per heavy atom. The number of ketones is 1. The molecule has 0 aromatic carbocycles. The fourth-order valence-electron chi connectivity index (χ4n) is 4.07. The molecule has 0 spiro atoms. The first-order valence-electron chi connectivity index (χ1n) is 7.13. The molecule has 2 aliphatic carbocycles. The minimum atomic E-state index is 0.124. The monoisotopic (exact) mass is 278 g/mol. The van der Waals surface area contributed by atoms with Gasteiger partial charge in [0.1, 0.15) is 6.61 Å². The van der Waals surface area contributed by atoms with Crippen LogP contribution < -0.4 is 0 Å². The molecule has 3 heteroatoms. The predicted octanol–water partition coefficient (Wildman–Crippen LogP) is 4.16. The summed E-state index contributed by atoms with van der Waals surface area (Å²) in [6, 6.07) is 3.79. The van der Waals surface area contributed by atoms with Crippen LogP contribution in [0.3, 0.4) is 0 Å². The molecule has 3 unspecified atom stereocenters. The normalized spacial score (nSPS) is 35.7. The van der Waals surface area contributed by atoms with Gasteiger partial charge in [0, 0.05) is 0 Å². The Balaban J connectivity index is 1.65. The van der Waals surface area contributed by atoms with E-state index in [1.54, 1.807) is 0 Å². The van der Waals surface area contributed by atoms with Crippen LogP contribution in [0.5, 0.6) is 0 Å². The Kier molecular flexibility index (Phi) is 3.10. The molecule has 3 atom stereocenters. The van der Waals surface area contributed by atoms with E-state index in [2.05, 4.69) is 20.8 Å². The fourth-order valence-corrected chi connectivity index (χ4v) is 4.72. The Hall–Kier alpha value is -0.670. The number of hydrogen-bond donors (Lipinski definition) is 0.